The number of ether oxygens (including phenoxy) is 1. The minimum Gasteiger partial charge on any atom is -0.465 e. The number of aromatic amines is 1. The maximum atomic E-state index is 13.1. The number of benzene rings is 2. The largest absolute Gasteiger partial charge is 0.465 e. The quantitative estimate of drug-likeness (QED) is 0.356. The smallest absolute Gasteiger partial charge is 0.338 e. The Bertz CT molecular complexity index is 1750. The lowest BCUT2D eigenvalue weighted by molar-refractivity contribution is 0.0597. The van der Waals surface area contributed by atoms with Crippen molar-refractivity contribution in [1.29, 1.82) is 0 Å². The van der Waals surface area contributed by atoms with Gasteiger partial charge in [0.15, 0.2) is 5.65 Å². The van der Waals surface area contributed by atoms with E-state index in [2.05, 4.69) is 25.5 Å². The number of carbonyl (C=O) groups excluding carboxylic acids is 2. The van der Waals surface area contributed by atoms with Crippen LogP contribution in [0.1, 0.15) is 37.5 Å². The maximum absolute atomic E-state index is 13.1. The Morgan fingerprint density at radius 1 is 1.00 bits per heavy atom. The molecular weight excluding hydrogens is 474 g/mol. The SMILES string of the molecule is COC(=O)c1ccccc1C(=O)Nc1cc(C)nn1-c1nc2c(cnn2-c2cccc(C)c2C)c(=O)[nH]1. The average Bonchev–Trinajstić information content (AvgIpc) is 3.48. The van der Waals surface area contributed by atoms with E-state index in [-0.39, 0.29) is 22.9 Å². The van der Waals surface area contributed by atoms with E-state index in [0.29, 0.717) is 16.7 Å². The number of aryl methyl sites for hydroxylation is 2. The number of rotatable bonds is 5. The minimum atomic E-state index is -0.633. The Balaban J connectivity index is 1.59. The van der Waals surface area contributed by atoms with Crippen molar-refractivity contribution in [2.45, 2.75) is 20.8 Å². The molecule has 0 aliphatic heterocycles. The topological polar surface area (TPSA) is 137 Å². The summed E-state index contributed by atoms with van der Waals surface area (Å²) in [5.41, 5.74) is 3.63. The number of amides is 1. The van der Waals surface area contributed by atoms with Crippen molar-refractivity contribution in [2.75, 3.05) is 12.4 Å². The molecule has 3 aromatic heterocycles. The lowest BCUT2D eigenvalue weighted by atomic mass is 10.1. The van der Waals surface area contributed by atoms with Crippen LogP contribution in [0.3, 0.4) is 0 Å². The van der Waals surface area contributed by atoms with Gasteiger partial charge in [0.2, 0.25) is 5.95 Å². The van der Waals surface area contributed by atoms with Crippen molar-refractivity contribution in [3.63, 3.8) is 0 Å². The van der Waals surface area contributed by atoms with Crippen LogP contribution in [-0.2, 0) is 4.74 Å². The van der Waals surface area contributed by atoms with Crippen LogP contribution in [0.5, 0.6) is 0 Å². The molecule has 0 fully saturated rings. The number of esters is 1. The summed E-state index contributed by atoms with van der Waals surface area (Å²) in [4.78, 5) is 45.6. The number of fused-ring (bicyclic) bond motifs is 1. The molecule has 3 heterocycles. The summed E-state index contributed by atoms with van der Waals surface area (Å²) in [7, 11) is 1.25. The second-order valence-electron chi connectivity index (χ2n) is 8.48. The van der Waals surface area contributed by atoms with Crippen molar-refractivity contribution >= 4 is 28.7 Å². The Labute approximate surface area is 210 Å². The van der Waals surface area contributed by atoms with Crippen LogP contribution in [0, 0.1) is 20.8 Å². The molecule has 186 valence electrons. The van der Waals surface area contributed by atoms with Crippen molar-refractivity contribution in [3.8, 4) is 11.6 Å². The molecule has 0 saturated heterocycles. The van der Waals surface area contributed by atoms with E-state index in [9.17, 15) is 14.4 Å². The number of nitrogens with zero attached hydrogens (tertiary/aromatic N) is 5. The molecule has 0 bridgehead atoms. The predicted octanol–water partition coefficient (Wildman–Crippen LogP) is 3.26. The molecule has 0 spiro atoms. The van der Waals surface area contributed by atoms with Crippen molar-refractivity contribution in [3.05, 3.63) is 93.0 Å². The van der Waals surface area contributed by atoms with E-state index in [1.807, 2.05) is 32.0 Å². The molecule has 11 heteroatoms. The zero-order chi connectivity index (χ0) is 26.3. The highest BCUT2D eigenvalue weighted by molar-refractivity contribution is 6.10. The zero-order valence-corrected chi connectivity index (χ0v) is 20.6. The summed E-state index contributed by atoms with van der Waals surface area (Å²) in [6, 6.07) is 13.7. The van der Waals surface area contributed by atoms with Gasteiger partial charge in [0.25, 0.3) is 11.5 Å². The number of hydrogen-bond donors (Lipinski definition) is 2. The van der Waals surface area contributed by atoms with Crippen LogP contribution in [-0.4, -0.2) is 48.5 Å². The lowest BCUT2D eigenvalue weighted by Gasteiger charge is -2.11. The van der Waals surface area contributed by atoms with Gasteiger partial charge in [0.05, 0.1) is 35.8 Å². The molecular formula is C26H23N7O4. The second kappa shape index (κ2) is 9.19. The Kier molecular flexibility index (Phi) is 5.88. The average molecular weight is 498 g/mol. The molecule has 5 rings (SSSR count). The molecule has 0 saturated carbocycles. The van der Waals surface area contributed by atoms with Crippen LogP contribution in [0.4, 0.5) is 5.82 Å². The van der Waals surface area contributed by atoms with Crippen molar-refractivity contribution in [1.82, 2.24) is 29.5 Å². The molecule has 1 amide bonds. The molecule has 0 aliphatic rings. The molecule has 2 aromatic carbocycles. The summed E-state index contributed by atoms with van der Waals surface area (Å²) >= 11 is 0. The van der Waals surface area contributed by atoms with Crippen LogP contribution in [0.25, 0.3) is 22.7 Å². The lowest BCUT2D eigenvalue weighted by Crippen LogP contribution is -2.21. The zero-order valence-electron chi connectivity index (χ0n) is 20.6. The third-order valence-corrected chi connectivity index (χ3v) is 6.08. The first kappa shape index (κ1) is 23.7. The molecule has 0 aliphatic carbocycles. The van der Waals surface area contributed by atoms with E-state index in [1.165, 1.54) is 30.1 Å². The van der Waals surface area contributed by atoms with Gasteiger partial charge in [-0.15, -0.1) is 0 Å². The number of anilines is 1. The monoisotopic (exact) mass is 497 g/mol. The molecule has 0 atom stereocenters. The Morgan fingerprint density at radius 3 is 2.51 bits per heavy atom. The second-order valence-corrected chi connectivity index (χ2v) is 8.48. The predicted molar refractivity (Wildman–Crippen MR) is 137 cm³/mol. The maximum Gasteiger partial charge on any atom is 0.338 e. The summed E-state index contributed by atoms with van der Waals surface area (Å²) in [5, 5.41) is 11.9. The Hall–Kier alpha value is -5.06. The summed E-state index contributed by atoms with van der Waals surface area (Å²) < 4.78 is 7.73. The molecule has 37 heavy (non-hydrogen) atoms. The van der Waals surface area contributed by atoms with E-state index in [1.54, 1.807) is 29.8 Å². The molecule has 0 unspecified atom stereocenters. The van der Waals surface area contributed by atoms with Crippen LogP contribution < -0.4 is 10.9 Å². The number of carbonyl (C=O) groups is 2. The Morgan fingerprint density at radius 2 is 1.76 bits per heavy atom. The van der Waals surface area contributed by atoms with E-state index < -0.39 is 17.4 Å². The van der Waals surface area contributed by atoms with Crippen LogP contribution >= 0.6 is 0 Å². The summed E-state index contributed by atoms with van der Waals surface area (Å²) in [6.45, 7) is 5.71. The summed E-state index contributed by atoms with van der Waals surface area (Å²) in [5.74, 6) is -0.839. The van der Waals surface area contributed by atoms with Gasteiger partial charge < -0.3 is 10.1 Å². The van der Waals surface area contributed by atoms with Gasteiger partial charge in [-0.3, -0.25) is 14.6 Å². The van der Waals surface area contributed by atoms with E-state index in [4.69, 9.17) is 4.74 Å². The van der Waals surface area contributed by atoms with E-state index in [0.717, 1.165) is 16.8 Å². The third kappa shape index (κ3) is 4.16. The van der Waals surface area contributed by atoms with Gasteiger partial charge >= 0.3 is 5.97 Å². The highest BCUT2D eigenvalue weighted by Crippen LogP contribution is 2.22. The number of H-pyrrole nitrogens is 1. The van der Waals surface area contributed by atoms with Gasteiger partial charge in [-0.2, -0.15) is 19.9 Å². The number of aromatic nitrogens is 6. The fourth-order valence-electron chi connectivity index (χ4n) is 4.05. The highest BCUT2D eigenvalue weighted by Gasteiger charge is 2.21. The van der Waals surface area contributed by atoms with Crippen molar-refractivity contribution in [2.24, 2.45) is 0 Å². The normalized spacial score (nSPS) is 11.0. The van der Waals surface area contributed by atoms with Crippen LogP contribution in [0.15, 0.2) is 59.5 Å². The summed E-state index contributed by atoms with van der Waals surface area (Å²) in [6.07, 6.45) is 1.47. The molecule has 2 N–H and O–H groups in total. The van der Waals surface area contributed by atoms with Gasteiger partial charge in [-0.05, 0) is 50.1 Å². The third-order valence-electron chi connectivity index (χ3n) is 6.08. The standard InChI is InChI=1S/C26H23N7O4/c1-14-8-7-11-20(16(14)3)32-22-19(13-27-32)24(35)30-26(29-22)33-21(12-15(2)31-33)28-23(34)17-9-5-6-10-18(17)25(36)37-4/h5-13H,1-4H3,(H,28,34)(H,29,30,35). The van der Waals surface area contributed by atoms with Gasteiger partial charge in [-0.1, -0.05) is 24.3 Å². The molecule has 11 nitrogen and oxygen atoms in total. The first-order valence-corrected chi connectivity index (χ1v) is 11.4. The number of methoxy groups -OCH3 is 1. The molecule has 5 aromatic rings. The van der Waals surface area contributed by atoms with Crippen molar-refractivity contribution < 1.29 is 14.3 Å². The minimum absolute atomic E-state index is 0.0919. The first-order chi connectivity index (χ1) is 17.8. The fraction of sp³-hybridized carbons (Fsp3) is 0.154. The highest BCUT2D eigenvalue weighted by atomic mass is 16.5. The van der Waals surface area contributed by atoms with Gasteiger partial charge in [0, 0.05) is 6.07 Å². The fourth-order valence-corrected chi connectivity index (χ4v) is 4.05. The molecule has 0 radical (unpaired) electrons. The van der Waals surface area contributed by atoms with Gasteiger partial charge in [0.1, 0.15) is 11.2 Å². The van der Waals surface area contributed by atoms with E-state index >= 15 is 0 Å². The number of hydrogen-bond acceptors (Lipinski definition) is 7. The van der Waals surface area contributed by atoms with Crippen LogP contribution in [0.2, 0.25) is 0 Å². The van der Waals surface area contributed by atoms with Gasteiger partial charge in [-0.25, -0.2) is 9.48 Å². The number of nitrogens with one attached hydrogen (secondary N) is 2. The first-order valence-electron chi connectivity index (χ1n) is 11.4.